The molecule has 29 heavy (non-hydrogen) atoms. The smallest absolute Gasteiger partial charge is 0.280 e. The lowest BCUT2D eigenvalue weighted by molar-refractivity contribution is -0.125. The highest BCUT2D eigenvalue weighted by Crippen LogP contribution is 2.35. The Morgan fingerprint density at radius 2 is 2.10 bits per heavy atom. The quantitative estimate of drug-likeness (QED) is 0.721. The van der Waals surface area contributed by atoms with Crippen LogP contribution in [0.1, 0.15) is 23.6 Å². The molecule has 0 radical (unpaired) electrons. The second-order valence-electron chi connectivity index (χ2n) is 6.63. The number of likely N-dealkylation sites (N-methyl/N-ethyl adjacent to an activating group) is 1. The number of pyridine rings is 1. The second kappa shape index (κ2) is 8.76. The third-order valence-corrected chi connectivity index (χ3v) is 6.47. The number of amides is 1. The normalized spacial score (nSPS) is 21.3. The summed E-state index contributed by atoms with van der Waals surface area (Å²) in [6.07, 6.45) is 3.52. The molecule has 1 aromatic heterocycles. The van der Waals surface area contributed by atoms with Crippen molar-refractivity contribution >= 4 is 16.1 Å². The van der Waals surface area contributed by atoms with Crippen LogP contribution in [0.15, 0.2) is 42.7 Å². The van der Waals surface area contributed by atoms with E-state index in [2.05, 4.69) is 15.0 Å². The number of hydrogen-bond acceptors (Lipinski definition) is 6. The Labute approximate surface area is 170 Å². The van der Waals surface area contributed by atoms with Crippen LogP contribution in [0.3, 0.4) is 0 Å². The van der Waals surface area contributed by atoms with Crippen LogP contribution in [0.5, 0.6) is 11.5 Å². The van der Waals surface area contributed by atoms with Gasteiger partial charge in [-0.3, -0.25) is 9.78 Å². The number of carbonyl (C=O) groups is 1. The van der Waals surface area contributed by atoms with E-state index in [9.17, 15) is 13.2 Å². The van der Waals surface area contributed by atoms with Gasteiger partial charge in [-0.05, 0) is 36.2 Å². The van der Waals surface area contributed by atoms with Crippen molar-refractivity contribution in [1.29, 1.82) is 0 Å². The second-order valence-corrected chi connectivity index (χ2v) is 8.39. The summed E-state index contributed by atoms with van der Waals surface area (Å²) < 4.78 is 39.6. The highest BCUT2D eigenvalue weighted by Gasteiger charge is 2.41. The highest BCUT2D eigenvalue weighted by atomic mass is 32.2. The number of methoxy groups -OCH3 is 2. The number of nitrogens with zero attached hydrogens (tertiary/aromatic N) is 2. The van der Waals surface area contributed by atoms with Crippen molar-refractivity contribution < 1.29 is 22.7 Å². The molecule has 3 rings (SSSR count). The summed E-state index contributed by atoms with van der Waals surface area (Å²) in [7, 11) is 0.552. The lowest BCUT2D eigenvalue weighted by Gasteiger charge is -2.36. The first kappa shape index (κ1) is 21.0. The van der Waals surface area contributed by atoms with E-state index in [4.69, 9.17) is 9.47 Å². The maximum Gasteiger partial charge on any atom is 0.280 e. The largest absolute Gasteiger partial charge is 0.497 e. The molecule has 1 aliphatic rings. The first-order valence-corrected chi connectivity index (χ1v) is 10.4. The molecule has 0 spiro atoms. The average molecular weight is 420 g/mol. The Morgan fingerprint density at radius 3 is 2.76 bits per heavy atom. The topological polar surface area (TPSA) is 110 Å². The zero-order chi connectivity index (χ0) is 21.0. The Hall–Kier alpha value is -2.69. The van der Waals surface area contributed by atoms with E-state index in [0.29, 0.717) is 17.1 Å². The summed E-state index contributed by atoms with van der Waals surface area (Å²) in [5.74, 6) is 0.697. The minimum Gasteiger partial charge on any atom is -0.497 e. The molecule has 2 heterocycles. The molecule has 9 nitrogen and oxygen atoms in total. The van der Waals surface area contributed by atoms with E-state index in [1.165, 1.54) is 21.3 Å². The van der Waals surface area contributed by atoms with Gasteiger partial charge in [-0.2, -0.15) is 17.4 Å². The predicted octanol–water partition coefficient (Wildman–Crippen LogP) is 0.995. The number of aromatic nitrogens is 1. The summed E-state index contributed by atoms with van der Waals surface area (Å²) in [6, 6.07) is 7.23. The summed E-state index contributed by atoms with van der Waals surface area (Å²) in [5, 5.41) is 2.79. The molecule has 0 aliphatic carbocycles. The first-order valence-electron chi connectivity index (χ1n) is 8.99. The van der Waals surface area contributed by atoms with Crippen LogP contribution < -0.4 is 19.5 Å². The molecule has 10 heteroatoms. The number of carbonyl (C=O) groups excluding carboxylic acids is 1. The Balaban J connectivity index is 1.84. The highest BCUT2D eigenvalue weighted by molar-refractivity contribution is 7.87. The van der Waals surface area contributed by atoms with Crippen LogP contribution in [0.25, 0.3) is 0 Å². The number of benzene rings is 1. The third kappa shape index (κ3) is 4.66. The van der Waals surface area contributed by atoms with E-state index in [-0.39, 0.29) is 18.9 Å². The van der Waals surface area contributed by atoms with Crippen LogP contribution in [0, 0.1) is 0 Å². The minimum atomic E-state index is -3.87. The number of rotatable bonds is 6. The van der Waals surface area contributed by atoms with Crippen LogP contribution in [-0.2, 0) is 21.5 Å². The van der Waals surface area contributed by atoms with Crippen LogP contribution in [0.4, 0.5) is 0 Å². The van der Waals surface area contributed by atoms with Gasteiger partial charge in [0.1, 0.15) is 17.5 Å². The van der Waals surface area contributed by atoms with E-state index in [1.807, 2.05) is 6.07 Å². The summed E-state index contributed by atoms with van der Waals surface area (Å²) >= 11 is 0. The average Bonchev–Trinajstić information content (AvgIpc) is 2.74. The SMILES string of the molecule is COc1ccc(OC)c(C2CC(C(=O)NCc3cccnc3)N(C)S(=O)(=O)N2)c1. The predicted molar refractivity (Wildman–Crippen MR) is 107 cm³/mol. The lowest BCUT2D eigenvalue weighted by atomic mass is 9.98. The molecule has 0 bridgehead atoms. The van der Waals surface area contributed by atoms with Gasteiger partial charge < -0.3 is 14.8 Å². The third-order valence-electron chi connectivity index (χ3n) is 4.87. The molecule has 1 fully saturated rings. The number of ether oxygens (including phenoxy) is 2. The molecule has 0 saturated carbocycles. The molecule has 2 atom stereocenters. The zero-order valence-corrected chi connectivity index (χ0v) is 17.3. The molecule has 1 saturated heterocycles. The van der Waals surface area contributed by atoms with E-state index >= 15 is 0 Å². The molecule has 2 unspecified atom stereocenters. The van der Waals surface area contributed by atoms with Crippen molar-refractivity contribution in [2.75, 3.05) is 21.3 Å². The van der Waals surface area contributed by atoms with Gasteiger partial charge in [0.2, 0.25) is 5.91 Å². The zero-order valence-electron chi connectivity index (χ0n) is 16.5. The van der Waals surface area contributed by atoms with Crippen molar-refractivity contribution in [1.82, 2.24) is 19.3 Å². The lowest BCUT2D eigenvalue weighted by Crippen LogP contribution is -2.57. The maximum absolute atomic E-state index is 12.8. The van der Waals surface area contributed by atoms with Gasteiger partial charge >= 0.3 is 0 Å². The summed E-state index contributed by atoms with van der Waals surface area (Å²) in [6.45, 7) is 0.262. The minimum absolute atomic E-state index is 0.234. The van der Waals surface area contributed by atoms with Gasteiger partial charge in [0.05, 0.1) is 20.3 Å². The number of hydrogen-bond donors (Lipinski definition) is 2. The monoisotopic (exact) mass is 420 g/mol. The van der Waals surface area contributed by atoms with Crippen molar-refractivity contribution in [3.05, 3.63) is 53.9 Å². The van der Waals surface area contributed by atoms with Crippen molar-refractivity contribution in [2.45, 2.75) is 25.0 Å². The fourth-order valence-corrected chi connectivity index (χ4v) is 4.50. The van der Waals surface area contributed by atoms with Crippen LogP contribution in [0.2, 0.25) is 0 Å². The summed E-state index contributed by atoms with van der Waals surface area (Å²) in [4.78, 5) is 16.8. The Bertz CT molecular complexity index is 968. The molecule has 2 aromatic rings. The summed E-state index contributed by atoms with van der Waals surface area (Å²) in [5.41, 5.74) is 1.43. The van der Waals surface area contributed by atoms with E-state index in [0.717, 1.165) is 9.87 Å². The molecule has 2 N–H and O–H groups in total. The number of nitrogens with one attached hydrogen (secondary N) is 2. The van der Waals surface area contributed by atoms with Crippen molar-refractivity contribution in [3.63, 3.8) is 0 Å². The fourth-order valence-electron chi connectivity index (χ4n) is 3.23. The molecule has 1 aromatic carbocycles. The van der Waals surface area contributed by atoms with Crippen LogP contribution >= 0.6 is 0 Å². The molecule has 156 valence electrons. The van der Waals surface area contributed by atoms with Crippen LogP contribution in [-0.4, -0.2) is 50.9 Å². The van der Waals surface area contributed by atoms with E-state index < -0.39 is 22.3 Å². The molecule has 1 amide bonds. The molecular formula is C19H24N4O5S. The van der Waals surface area contributed by atoms with Crippen molar-refractivity contribution in [3.8, 4) is 11.5 Å². The molecular weight excluding hydrogens is 396 g/mol. The van der Waals surface area contributed by atoms with Gasteiger partial charge in [0.15, 0.2) is 0 Å². The Morgan fingerprint density at radius 1 is 1.31 bits per heavy atom. The maximum atomic E-state index is 12.8. The molecule has 1 aliphatic heterocycles. The fraction of sp³-hybridized carbons (Fsp3) is 0.368. The standard InChI is InChI=1S/C19H24N4O5S/c1-23-17(19(24)21-12-13-5-4-8-20-11-13)10-16(22-29(23,25)26)15-9-14(27-2)6-7-18(15)28-3/h4-9,11,16-17,22H,10,12H2,1-3H3,(H,21,24). The van der Waals surface area contributed by atoms with E-state index in [1.54, 1.807) is 36.7 Å². The van der Waals surface area contributed by atoms with Gasteiger partial charge in [0.25, 0.3) is 10.2 Å². The van der Waals surface area contributed by atoms with Crippen molar-refractivity contribution in [2.24, 2.45) is 0 Å². The van der Waals surface area contributed by atoms with Gasteiger partial charge in [-0.15, -0.1) is 0 Å². The van der Waals surface area contributed by atoms with Gasteiger partial charge in [-0.1, -0.05) is 6.07 Å². The first-order chi connectivity index (χ1) is 13.9. The van der Waals surface area contributed by atoms with Gasteiger partial charge in [-0.25, -0.2) is 0 Å². The Kier molecular flexibility index (Phi) is 6.36. The van der Waals surface area contributed by atoms with Gasteiger partial charge in [0, 0.05) is 31.5 Å².